The topological polar surface area (TPSA) is 35.8 Å². The molecule has 3 aliphatic rings. The fraction of sp³-hybridized carbons (Fsp3) is 0.929. The summed E-state index contributed by atoms with van der Waals surface area (Å²) in [5.74, 6) is 1.37. The Morgan fingerprint density at radius 1 is 1.29 bits per heavy atom. The van der Waals surface area contributed by atoms with Crippen LogP contribution in [0.4, 0.5) is 0 Å². The van der Waals surface area contributed by atoms with Crippen molar-refractivity contribution in [3.8, 4) is 0 Å². The molecule has 0 amide bonds. The van der Waals surface area contributed by atoms with Gasteiger partial charge in [0.25, 0.3) is 0 Å². The van der Waals surface area contributed by atoms with E-state index in [4.69, 9.17) is 0 Å². The van der Waals surface area contributed by atoms with Gasteiger partial charge in [-0.15, -0.1) is 0 Å². The smallest absolute Gasteiger partial charge is 0.0775 e. The van der Waals surface area contributed by atoms with Crippen molar-refractivity contribution >= 4 is 5.71 Å². The van der Waals surface area contributed by atoms with Gasteiger partial charge >= 0.3 is 0 Å². The molecule has 3 fully saturated rings. The van der Waals surface area contributed by atoms with E-state index in [1.54, 1.807) is 0 Å². The van der Waals surface area contributed by atoms with E-state index < -0.39 is 0 Å². The lowest BCUT2D eigenvalue weighted by atomic mass is 9.88. The molecule has 2 saturated carbocycles. The van der Waals surface area contributed by atoms with Crippen LogP contribution in [-0.4, -0.2) is 34.4 Å². The van der Waals surface area contributed by atoms with Crippen molar-refractivity contribution in [1.29, 1.82) is 0 Å². The highest BCUT2D eigenvalue weighted by molar-refractivity contribution is 5.94. The SMILES string of the molecule is CCC1CCCCN1C1C(=NO)C2CCC1C2. The maximum atomic E-state index is 9.31. The van der Waals surface area contributed by atoms with Gasteiger partial charge in [0.05, 0.1) is 11.8 Å². The summed E-state index contributed by atoms with van der Waals surface area (Å²) in [6, 6.07) is 1.20. The molecule has 1 saturated heterocycles. The van der Waals surface area contributed by atoms with E-state index in [1.807, 2.05) is 0 Å². The van der Waals surface area contributed by atoms with Gasteiger partial charge in [0.2, 0.25) is 0 Å². The summed E-state index contributed by atoms with van der Waals surface area (Å²) in [7, 11) is 0. The molecule has 0 aromatic heterocycles. The van der Waals surface area contributed by atoms with E-state index >= 15 is 0 Å². The Morgan fingerprint density at radius 3 is 2.94 bits per heavy atom. The molecule has 4 unspecified atom stereocenters. The maximum Gasteiger partial charge on any atom is 0.0775 e. The first-order valence-electron chi connectivity index (χ1n) is 7.32. The van der Waals surface area contributed by atoms with E-state index in [9.17, 15) is 5.21 Å². The Kier molecular flexibility index (Phi) is 3.12. The molecule has 2 bridgehead atoms. The highest BCUT2D eigenvalue weighted by Gasteiger charge is 2.49. The number of rotatable bonds is 2. The van der Waals surface area contributed by atoms with Gasteiger partial charge in [-0.25, -0.2) is 0 Å². The Morgan fingerprint density at radius 2 is 2.18 bits per heavy atom. The minimum Gasteiger partial charge on any atom is -0.411 e. The second kappa shape index (κ2) is 4.60. The number of likely N-dealkylation sites (tertiary alicyclic amines) is 1. The van der Waals surface area contributed by atoms with Crippen molar-refractivity contribution in [1.82, 2.24) is 4.90 Å². The van der Waals surface area contributed by atoms with Crippen LogP contribution in [0.1, 0.15) is 51.9 Å². The zero-order valence-electron chi connectivity index (χ0n) is 10.8. The fourth-order valence-electron chi connectivity index (χ4n) is 4.46. The van der Waals surface area contributed by atoms with Crippen LogP contribution in [0.15, 0.2) is 5.16 Å². The van der Waals surface area contributed by atoms with Crippen molar-refractivity contribution in [2.45, 2.75) is 64.0 Å². The predicted molar refractivity (Wildman–Crippen MR) is 68.5 cm³/mol. The van der Waals surface area contributed by atoms with Crippen molar-refractivity contribution in [3.05, 3.63) is 0 Å². The average molecular weight is 236 g/mol. The number of hydrogen-bond donors (Lipinski definition) is 1. The fourth-order valence-corrected chi connectivity index (χ4v) is 4.46. The first kappa shape index (κ1) is 11.5. The third-order valence-electron chi connectivity index (χ3n) is 5.26. The van der Waals surface area contributed by atoms with Crippen LogP contribution in [0.25, 0.3) is 0 Å². The predicted octanol–water partition coefficient (Wildman–Crippen LogP) is 2.88. The Balaban J connectivity index is 1.82. The molecule has 17 heavy (non-hydrogen) atoms. The van der Waals surface area contributed by atoms with Gasteiger partial charge in [-0.1, -0.05) is 18.5 Å². The van der Waals surface area contributed by atoms with Gasteiger partial charge in [0, 0.05) is 12.0 Å². The molecular formula is C14H24N2O. The second-order valence-electron chi connectivity index (χ2n) is 6.04. The molecule has 1 N–H and O–H groups in total. The first-order valence-corrected chi connectivity index (χ1v) is 7.32. The molecule has 96 valence electrons. The van der Waals surface area contributed by atoms with E-state index in [-0.39, 0.29) is 0 Å². The normalized spacial score (nSPS) is 44.6. The van der Waals surface area contributed by atoms with Crippen LogP contribution >= 0.6 is 0 Å². The average Bonchev–Trinajstić information content (AvgIpc) is 2.98. The molecule has 0 aromatic carbocycles. The van der Waals surface area contributed by atoms with E-state index in [1.165, 1.54) is 51.5 Å². The molecule has 1 heterocycles. The van der Waals surface area contributed by atoms with Crippen LogP contribution in [0.3, 0.4) is 0 Å². The molecule has 0 spiro atoms. The summed E-state index contributed by atoms with van der Waals surface area (Å²) in [6.45, 7) is 3.51. The monoisotopic (exact) mass is 236 g/mol. The van der Waals surface area contributed by atoms with Gasteiger partial charge in [-0.2, -0.15) is 0 Å². The molecule has 0 aromatic rings. The number of nitrogens with zero attached hydrogens (tertiary/aromatic N) is 2. The summed E-state index contributed by atoms with van der Waals surface area (Å²) >= 11 is 0. The Labute approximate surface area is 104 Å². The second-order valence-corrected chi connectivity index (χ2v) is 6.04. The van der Waals surface area contributed by atoms with E-state index in [0.717, 1.165) is 17.7 Å². The lowest BCUT2D eigenvalue weighted by molar-refractivity contribution is 0.0954. The molecule has 3 nitrogen and oxygen atoms in total. The highest BCUT2D eigenvalue weighted by atomic mass is 16.4. The third-order valence-corrected chi connectivity index (χ3v) is 5.26. The van der Waals surface area contributed by atoms with Gasteiger partial charge in [-0.05, 0) is 51.0 Å². The van der Waals surface area contributed by atoms with Crippen LogP contribution in [-0.2, 0) is 0 Å². The molecule has 2 aliphatic carbocycles. The van der Waals surface area contributed by atoms with E-state index in [0.29, 0.717) is 12.0 Å². The van der Waals surface area contributed by atoms with Crippen molar-refractivity contribution < 1.29 is 5.21 Å². The number of hydrogen-bond acceptors (Lipinski definition) is 3. The minimum atomic E-state index is 0.476. The lowest BCUT2D eigenvalue weighted by Gasteiger charge is -2.42. The summed E-state index contributed by atoms with van der Waals surface area (Å²) < 4.78 is 0. The zero-order chi connectivity index (χ0) is 11.8. The van der Waals surface area contributed by atoms with Crippen LogP contribution in [0.2, 0.25) is 0 Å². The Bertz CT molecular complexity index is 315. The van der Waals surface area contributed by atoms with Crippen molar-refractivity contribution in [2.75, 3.05) is 6.54 Å². The van der Waals surface area contributed by atoms with Crippen molar-refractivity contribution in [3.63, 3.8) is 0 Å². The number of fused-ring (bicyclic) bond motifs is 2. The number of piperidine rings is 1. The molecule has 0 radical (unpaired) electrons. The molecular weight excluding hydrogens is 212 g/mol. The molecule has 4 atom stereocenters. The standard InChI is InChI=1S/C14H24N2O/c1-2-12-5-3-4-8-16(12)14-11-7-6-10(9-11)13(14)15-17/h10-12,14,17H,2-9H2,1H3. The zero-order valence-corrected chi connectivity index (χ0v) is 10.8. The quantitative estimate of drug-likeness (QED) is 0.591. The highest BCUT2D eigenvalue weighted by Crippen LogP contribution is 2.46. The minimum absolute atomic E-state index is 0.476. The van der Waals surface area contributed by atoms with Crippen LogP contribution in [0, 0.1) is 11.8 Å². The van der Waals surface area contributed by atoms with Crippen LogP contribution in [0.5, 0.6) is 0 Å². The third kappa shape index (κ3) is 1.79. The van der Waals surface area contributed by atoms with Crippen LogP contribution < -0.4 is 0 Å². The lowest BCUT2D eigenvalue weighted by Crippen LogP contribution is -2.52. The summed E-state index contributed by atoms with van der Waals surface area (Å²) in [6.07, 6.45) is 9.16. The summed E-state index contributed by atoms with van der Waals surface area (Å²) in [4.78, 5) is 2.67. The van der Waals surface area contributed by atoms with Crippen molar-refractivity contribution in [2.24, 2.45) is 17.0 Å². The Hall–Kier alpha value is -0.570. The summed E-state index contributed by atoms with van der Waals surface area (Å²) in [5.41, 5.74) is 1.11. The molecule has 3 heteroatoms. The largest absolute Gasteiger partial charge is 0.411 e. The van der Waals surface area contributed by atoms with Gasteiger partial charge in [0.15, 0.2) is 0 Å². The van der Waals surface area contributed by atoms with Gasteiger partial charge in [0.1, 0.15) is 0 Å². The maximum absolute atomic E-state index is 9.31. The van der Waals surface area contributed by atoms with Gasteiger partial charge in [-0.3, -0.25) is 4.90 Å². The summed E-state index contributed by atoms with van der Waals surface area (Å²) in [5, 5.41) is 13.0. The molecule has 3 rings (SSSR count). The van der Waals surface area contributed by atoms with Gasteiger partial charge < -0.3 is 5.21 Å². The first-order chi connectivity index (χ1) is 8.35. The van der Waals surface area contributed by atoms with E-state index in [2.05, 4.69) is 17.0 Å². The molecule has 1 aliphatic heterocycles. The number of oxime groups is 1.